The zero-order valence-electron chi connectivity index (χ0n) is 10.7. The van der Waals surface area contributed by atoms with Crippen LogP contribution in [0.25, 0.3) is 0 Å². The molecule has 0 spiro atoms. The van der Waals surface area contributed by atoms with Gasteiger partial charge in [0.05, 0.1) is 6.10 Å². The average molecular weight is 251 g/mol. The number of benzene rings is 1. The molecule has 1 aliphatic rings. The number of hydrogen-bond donors (Lipinski definition) is 1. The summed E-state index contributed by atoms with van der Waals surface area (Å²) in [7, 11) is 1.74. The number of carbonyl (C=O) groups is 1. The molecule has 3 nitrogen and oxygen atoms in total. The predicted octanol–water partition coefficient (Wildman–Crippen LogP) is 1.98. The molecule has 0 saturated heterocycles. The summed E-state index contributed by atoms with van der Waals surface area (Å²) in [5.74, 6) is -0.00805. The van der Waals surface area contributed by atoms with Gasteiger partial charge in [-0.3, -0.25) is 4.79 Å². The Morgan fingerprint density at radius 1 is 1.50 bits per heavy atom. The summed E-state index contributed by atoms with van der Waals surface area (Å²) >= 11 is 0. The third-order valence-corrected chi connectivity index (χ3v) is 3.49. The normalized spacial score (nSPS) is 22.4. The number of aryl methyl sites for hydroxylation is 1. The van der Waals surface area contributed by atoms with E-state index in [9.17, 15) is 14.3 Å². The fourth-order valence-corrected chi connectivity index (χ4v) is 2.32. The van der Waals surface area contributed by atoms with Crippen molar-refractivity contribution < 1.29 is 14.3 Å². The largest absolute Gasteiger partial charge is 0.393 e. The van der Waals surface area contributed by atoms with Crippen molar-refractivity contribution in [1.29, 1.82) is 0 Å². The van der Waals surface area contributed by atoms with Crippen molar-refractivity contribution in [2.24, 2.45) is 5.92 Å². The number of carbonyl (C=O) groups excluding carboxylic acids is 1. The van der Waals surface area contributed by atoms with Crippen LogP contribution in [0.1, 0.15) is 28.8 Å². The molecule has 0 bridgehead atoms. The van der Waals surface area contributed by atoms with Crippen LogP contribution in [0.3, 0.4) is 0 Å². The molecule has 1 aliphatic carbocycles. The lowest BCUT2D eigenvalue weighted by atomic mass is 9.82. The number of rotatable bonds is 3. The molecule has 4 heteroatoms. The van der Waals surface area contributed by atoms with Crippen LogP contribution >= 0.6 is 0 Å². The zero-order chi connectivity index (χ0) is 13.3. The molecule has 1 fully saturated rings. The Bertz CT molecular complexity index is 455. The first kappa shape index (κ1) is 13.0. The molecule has 1 N–H and O–H groups in total. The second-order valence-corrected chi connectivity index (χ2v) is 5.14. The summed E-state index contributed by atoms with van der Waals surface area (Å²) in [6, 6.07) is 4.41. The van der Waals surface area contributed by atoms with E-state index < -0.39 is 0 Å². The lowest BCUT2D eigenvalue weighted by molar-refractivity contribution is 0.0265. The van der Waals surface area contributed by atoms with Gasteiger partial charge in [-0.2, -0.15) is 0 Å². The van der Waals surface area contributed by atoms with Gasteiger partial charge in [-0.05, 0) is 49.4 Å². The first-order valence-corrected chi connectivity index (χ1v) is 6.17. The van der Waals surface area contributed by atoms with Crippen LogP contribution < -0.4 is 0 Å². The first-order valence-electron chi connectivity index (χ1n) is 6.17. The molecular weight excluding hydrogens is 233 g/mol. The number of nitrogens with zero attached hydrogens (tertiary/aromatic N) is 1. The standard InChI is InChI=1S/C14H18FNO2/c1-9-5-11(3-4-13(9)15)14(18)16(2)8-10-6-12(17)7-10/h3-5,10,12,17H,6-8H2,1-2H3. The zero-order valence-corrected chi connectivity index (χ0v) is 10.7. The van der Waals surface area contributed by atoms with Crippen molar-refractivity contribution >= 4 is 5.91 Å². The summed E-state index contributed by atoms with van der Waals surface area (Å²) in [5, 5.41) is 9.21. The first-order chi connectivity index (χ1) is 8.47. The van der Waals surface area contributed by atoms with Crippen molar-refractivity contribution in [1.82, 2.24) is 4.90 Å². The lowest BCUT2D eigenvalue weighted by Gasteiger charge is -2.34. The molecule has 1 aromatic rings. The van der Waals surface area contributed by atoms with Crippen LogP contribution in [0.15, 0.2) is 18.2 Å². The van der Waals surface area contributed by atoms with E-state index in [0.717, 1.165) is 12.8 Å². The summed E-state index contributed by atoms with van der Waals surface area (Å²) in [6.07, 6.45) is 1.33. The van der Waals surface area contributed by atoms with E-state index in [1.165, 1.54) is 12.1 Å². The highest BCUT2D eigenvalue weighted by Crippen LogP contribution is 2.27. The van der Waals surface area contributed by atoms with Gasteiger partial charge in [-0.25, -0.2) is 4.39 Å². The summed E-state index contributed by atoms with van der Waals surface area (Å²) < 4.78 is 13.1. The fourth-order valence-electron chi connectivity index (χ4n) is 2.32. The second kappa shape index (κ2) is 5.06. The monoisotopic (exact) mass is 251 g/mol. The van der Waals surface area contributed by atoms with Gasteiger partial charge < -0.3 is 10.0 Å². The van der Waals surface area contributed by atoms with Gasteiger partial charge in [0.15, 0.2) is 0 Å². The third kappa shape index (κ3) is 2.70. The van der Waals surface area contributed by atoms with Gasteiger partial charge in [0.25, 0.3) is 5.91 Å². The highest BCUT2D eigenvalue weighted by molar-refractivity contribution is 5.94. The summed E-state index contributed by atoms with van der Waals surface area (Å²) in [5.41, 5.74) is 0.990. The molecule has 0 aromatic heterocycles. The van der Waals surface area contributed by atoms with E-state index in [1.54, 1.807) is 24.9 Å². The van der Waals surface area contributed by atoms with Gasteiger partial charge in [0.1, 0.15) is 5.82 Å². The molecule has 1 saturated carbocycles. The molecule has 18 heavy (non-hydrogen) atoms. The Kier molecular flexibility index (Phi) is 3.66. The van der Waals surface area contributed by atoms with E-state index in [-0.39, 0.29) is 17.8 Å². The molecule has 0 radical (unpaired) electrons. The number of aliphatic hydroxyl groups excluding tert-OH is 1. The minimum Gasteiger partial charge on any atom is -0.393 e. The SMILES string of the molecule is Cc1cc(C(=O)N(C)CC2CC(O)C2)ccc1F. The topological polar surface area (TPSA) is 40.5 Å². The second-order valence-electron chi connectivity index (χ2n) is 5.14. The van der Waals surface area contributed by atoms with E-state index in [2.05, 4.69) is 0 Å². The van der Waals surface area contributed by atoms with Crippen molar-refractivity contribution in [3.63, 3.8) is 0 Å². The summed E-state index contributed by atoms with van der Waals surface area (Å²) in [4.78, 5) is 13.7. The Hall–Kier alpha value is -1.42. The van der Waals surface area contributed by atoms with Gasteiger partial charge in [0, 0.05) is 19.2 Å². The molecule has 1 aromatic carbocycles. The van der Waals surface area contributed by atoms with E-state index in [0.29, 0.717) is 23.6 Å². The van der Waals surface area contributed by atoms with Crippen molar-refractivity contribution in [2.75, 3.05) is 13.6 Å². The molecule has 1 amide bonds. The van der Waals surface area contributed by atoms with E-state index in [4.69, 9.17) is 0 Å². The molecule has 0 unspecified atom stereocenters. The molecule has 0 aliphatic heterocycles. The van der Waals surface area contributed by atoms with Crippen molar-refractivity contribution in [2.45, 2.75) is 25.9 Å². The van der Waals surface area contributed by atoms with Crippen LogP contribution in [0, 0.1) is 18.7 Å². The number of halogens is 1. The maximum Gasteiger partial charge on any atom is 0.253 e. The van der Waals surface area contributed by atoms with Crippen LogP contribution in [-0.2, 0) is 0 Å². The number of amides is 1. The molecule has 98 valence electrons. The Balaban J connectivity index is 1.99. The van der Waals surface area contributed by atoms with E-state index in [1.807, 2.05) is 0 Å². The van der Waals surface area contributed by atoms with Gasteiger partial charge in [-0.1, -0.05) is 0 Å². The Morgan fingerprint density at radius 3 is 2.72 bits per heavy atom. The fraction of sp³-hybridized carbons (Fsp3) is 0.500. The quantitative estimate of drug-likeness (QED) is 0.892. The van der Waals surface area contributed by atoms with Gasteiger partial charge in [-0.15, -0.1) is 0 Å². The van der Waals surface area contributed by atoms with Crippen LogP contribution in [-0.4, -0.2) is 35.6 Å². The molecule has 0 heterocycles. The lowest BCUT2D eigenvalue weighted by Crippen LogP contribution is -2.39. The summed E-state index contributed by atoms with van der Waals surface area (Å²) in [6.45, 7) is 2.29. The van der Waals surface area contributed by atoms with Crippen molar-refractivity contribution in [3.05, 3.63) is 35.1 Å². The maximum absolute atomic E-state index is 13.1. The third-order valence-electron chi connectivity index (χ3n) is 3.49. The molecular formula is C14H18FNO2. The highest BCUT2D eigenvalue weighted by atomic mass is 19.1. The van der Waals surface area contributed by atoms with Crippen LogP contribution in [0.4, 0.5) is 4.39 Å². The maximum atomic E-state index is 13.1. The number of aliphatic hydroxyl groups is 1. The van der Waals surface area contributed by atoms with Crippen molar-refractivity contribution in [3.8, 4) is 0 Å². The van der Waals surface area contributed by atoms with Crippen LogP contribution in [0.2, 0.25) is 0 Å². The van der Waals surface area contributed by atoms with Crippen LogP contribution in [0.5, 0.6) is 0 Å². The van der Waals surface area contributed by atoms with E-state index >= 15 is 0 Å². The molecule has 0 atom stereocenters. The van der Waals surface area contributed by atoms with Gasteiger partial charge >= 0.3 is 0 Å². The Labute approximate surface area is 106 Å². The number of hydrogen-bond acceptors (Lipinski definition) is 2. The minimum absolute atomic E-state index is 0.0977. The molecule has 2 rings (SSSR count). The van der Waals surface area contributed by atoms with Gasteiger partial charge in [0.2, 0.25) is 0 Å². The Morgan fingerprint density at radius 2 is 2.17 bits per heavy atom. The minimum atomic E-state index is -0.295. The smallest absolute Gasteiger partial charge is 0.253 e. The predicted molar refractivity (Wildman–Crippen MR) is 66.8 cm³/mol. The average Bonchev–Trinajstić information content (AvgIpc) is 2.29. The highest BCUT2D eigenvalue weighted by Gasteiger charge is 2.29.